The first-order chi connectivity index (χ1) is 14.3. The van der Waals surface area contributed by atoms with Crippen LogP contribution in [0.3, 0.4) is 0 Å². The van der Waals surface area contributed by atoms with Crippen molar-refractivity contribution >= 4 is 16.6 Å². The molecule has 1 fully saturated rings. The van der Waals surface area contributed by atoms with Gasteiger partial charge < -0.3 is 19.5 Å². The fraction of sp³-hybridized carbons (Fsp3) is 0.348. The maximum Gasteiger partial charge on any atom is 0.231 e. The summed E-state index contributed by atoms with van der Waals surface area (Å²) in [7, 11) is 1.69. The molecule has 0 aliphatic carbocycles. The fourth-order valence-corrected chi connectivity index (χ4v) is 4.13. The van der Waals surface area contributed by atoms with Crippen molar-refractivity contribution < 1.29 is 14.2 Å². The molecule has 0 atom stereocenters. The molecule has 1 aromatic heterocycles. The lowest BCUT2D eigenvalue weighted by atomic mass is 10.0. The molecule has 1 N–H and O–H groups in total. The van der Waals surface area contributed by atoms with Crippen LogP contribution in [-0.2, 0) is 6.54 Å². The van der Waals surface area contributed by atoms with Crippen LogP contribution in [-0.4, -0.2) is 42.9 Å². The van der Waals surface area contributed by atoms with Crippen LogP contribution in [0, 0.1) is 0 Å². The summed E-state index contributed by atoms with van der Waals surface area (Å²) >= 11 is 0. The first kappa shape index (κ1) is 18.1. The zero-order chi connectivity index (χ0) is 19.6. The number of aromatic nitrogens is 1. The van der Waals surface area contributed by atoms with Gasteiger partial charge in [0.2, 0.25) is 6.79 Å². The number of benzene rings is 2. The van der Waals surface area contributed by atoms with Crippen LogP contribution < -0.4 is 19.5 Å². The van der Waals surface area contributed by atoms with Gasteiger partial charge in [-0.05, 0) is 54.8 Å². The molecule has 1 saturated heterocycles. The van der Waals surface area contributed by atoms with Crippen molar-refractivity contribution in [1.82, 2.24) is 9.88 Å². The highest BCUT2D eigenvalue weighted by atomic mass is 16.7. The number of fused-ring (bicyclic) bond motifs is 2. The van der Waals surface area contributed by atoms with Gasteiger partial charge in [0.1, 0.15) is 5.75 Å². The van der Waals surface area contributed by atoms with Crippen molar-refractivity contribution in [3.8, 4) is 17.2 Å². The summed E-state index contributed by atoms with van der Waals surface area (Å²) in [4.78, 5) is 6.97. The second-order valence-corrected chi connectivity index (χ2v) is 7.62. The lowest BCUT2D eigenvalue weighted by molar-refractivity contribution is 0.173. The van der Waals surface area contributed by atoms with E-state index < -0.39 is 0 Å². The third-order valence-corrected chi connectivity index (χ3v) is 5.74. The number of ether oxygens (including phenoxy) is 3. The van der Waals surface area contributed by atoms with Gasteiger partial charge in [0.15, 0.2) is 11.5 Å². The number of piperidine rings is 1. The molecule has 29 heavy (non-hydrogen) atoms. The summed E-state index contributed by atoms with van der Waals surface area (Å²) in [5.74, 6) is 2.56. The Morgan fingerprint density at radius 3 is 2.79 bits per heavy atom. The number of hydrogen-bond acceptors (Lipinski definition) is 6. The van der Waals surface area contributed by atoms with Crippen LogP contribution >= 0.6 is 0 Å². The topological polar surface area (TPSA) is 55.9 Å². The van der Waals surface area contributed by atoms with Crippen molar-refractivity contribution in [3.05, 3.63) is 54.2 Å². The average molecular weight is 391 g/mol. The lowest BCUT2D eigenvalue weighted by Gasteiger charge is -2.33. The van der Waals surface area contributed by atoms with Crippen molar-refractivity contribution in [3.63, 3.8) is 0 Å². The molecule has 3 heterocycles. The summed E-state index contributed by atoms with van der Waals surface area (Å²) < 4.78 is 16.3. The maximum absolute atomic E-state index is 5.50. The summed E-state index contributed by atoms with van der Waals surface area (Å²) in [5.41, 5.74) is 3.38. The van der Waals surface area contributed by atoms with E-state index in [1.165, 1.54) is 5.56 Å². The Kier molecular flexibility index (Phi) is 4.86. The molecule has 3 aromatic rings. The number of likely N-dealkylation sites (tertiary alicyclic amines) is 1. The molecule has 2 aliphatic rings. The predicted molar refractivity (Wildman–Crippen MR) is 113 cm³/mol. The van der Waals surface area contributed by atoms with E-state index in [0.29, 0.717) is 12.8 Å². The number of hydrogen-bond donors (Lipinski definition) is 1. The first-order valence-electron chi connectivity index (χ1n) is 10.1. The molecule has 0 bridgehead atoms. The van der Waals surface area contributed by atoms with Crippen molar-refractivity contribution in [2.75, 3.05) is 32.3 Å². The molecule has 5 rings (SSSR count). The molecular weight excluding hydrogens is 366 g/mol. The van der Waals surface area contributed by atoms with E-state index in [2.05, 4.69) is 39.5 Å². The summed E-state index contributed by atoms with van der Waals surface area (Å²) in [5, 5.41) is 4.84. The molecule has 2 aliphatic heterocycles. The highest BCUT2D eigenvalue weighted by Gasteiger charge is 2.21. The molecular formula is C23H25N3O3. The largest absolute Gasteiger partial charge is 0.497 e. The second kappa shape index (κ2) is 7.79. The molecule has 6 nitrogen and oxygen atoms in total. The Hall–Kier alpha value is -2.99. The maximum atomic E-state index is 5.50. The van der Waals surface area contributed by atoms with Gasteiger partial charge in [0.05, 0.1) is 12.6 Å². The van der Waals surface area contributed by atoms with Gasteiger partial charge in [-0.15, -0.1) is 0 Å². The van der Waals surface area contributed by atoms with E-state index in [0.717, 1.165) is 66.3 Å². The Bertz CT molecular complexity index is 1020. The number of nitrogens with one attached hydrogen (secondary N) is 1. The molecule has 6 heteroatoms. The van der Waals surface area contributed by atoms with Crippen molar-refractivity contribution in [2.45, 2.75) is 25.4 Å². The Balaban J connectivity index is 1.22. The molecule has 0 saturated carbocycles. The zero-order valence-electron chi connectivity index (χ0n) is 16.6. The zero-order valence-corrected chi connectivity index (χ0v) is 16.6. The molecule has 150 valence electrons. The number of methoxy groups -OCH3 is 1. The number of anilines is 1. The van der Waals surface area contributed by atoms with Crippen molar-refractivity contribution in [2.24, 2.45) is 0 Å². The average Bonchev–Trinajstić information content (AvgIpc) is 3.23. The van der Waals surface area contributed by atoms with Crippen LogP contribution in [0.25, 0.3) is 10.9 Å². The van der Waals surface area contributed by atoms with E-state index in [1.807, 2.05) is 24.4 Å². The van der Waals surface area contributed by atoms with E-state index in [4.69, 9.17) is 14.2 Å². The van der Waals surface area contributed by atoms with Gasteiger partial charge in [0, 0.05) is 42.9 Å². The highest BCUT2D eigenvalue weighted by molar-refractivity contribution is 5.92. The van der Waals surface area contributed by atoms with E-state index in [9.17, 15) is 0 Å². The van der Waals surface area contributed by atoms with Gasteiger partial charge in [-0.1, -0.05) is 6.07 Å². The smallest absolute Gasteiger partial charge is 0.231 e. The van der Waals surface area contributed by atoms with Crippen LogP contribution in [0.2, 0.25) is 0 Å². The minimum Gasteiger partial charge on any atom is -0.497 e. The summed E-state index contributed by atoms with van der Waals surface area (Å²) in [6.07, 6.45) is 4.09. The Morgan fingerprint density at radius 2 is 1.93 bits per heavy atom. The minimum atomic E-state index is 0.325. The van der Waals surface area contributed by atoms with Gasteiger partial charge in [-0.2, -0.15) is 0 Å². The summed E-state index contributed by atoms with van der Waals surface area (Å²) in [6.45, 7) is 3.40. The highest BCUT2D eigenvalue weighted by Crippen LogP contribution is 2.33. The Labute approximate surface area is 170 Å². The van der Waals surface area contributed by atoms with Gasteiger partial charge in [-0.3, -0.25) is 9.88 Å². The third kappa shape index (κ3) is 3.80. The van der Waals surface area contributed by atoms with Gasteiger partial charge >= 0.3 is 0 Å². The van der Waals surface area contributed by atoms with Crippen LogP contribution in [0.5, 0.6) is 17.2 Å². The Morgan fingerprint density at radius 1 is 1.07 bits per heavy atom. The fourth-order valence-electron chi connectivity index (χ4n) is 4.13. The number of rotatable bonds is 5. The normalized spacial score (nSPS) is 16.9. The molecule has 0 unspecified atom stereocenters. The van der Waals surface area contributed by atoms with Crippen molar-refractivity contribution in [1.29, 1.82) is 0 Å². The predicted octanol–water partition coefficient (Wildman–Crippen LogP) is 4.05. The standard InChI is InChI=1S/C23H25N3O3/c1-27-18-3-4-20-19(13-18)21(6-9-24-20)25-17-7-10-26(11-8-17)14-16-2-5-22-23(12-16)29-15-28-22/h2-6,9,12-13,17H,7-8,10-11,14-15H2,1H3,(H,24,25). The van der Waals surface area contributed by atoms with E-state index in [-0.39, 0.29) is 0 Å². The monoisotopic (exact) mass is 391 g/mol. The first-order valence-corrected chi connectivity index (χ1v) is 10.1. The number of nitrogens with zero attached hydrogens (tertiary/aromatic N) is 2. The van der Waals surface area contributed by atoms with Crippen LogP contribution in [0.1, 0.15) is 18.4 Å². The van der Waals surface area contributed by atoms with Crippen LogP contribution in [0.4, 0.5) is 5.69 Å². The SMILES string of the molecule is COc1ccc2nccc(NC3CCN(Cc4ccc5c(c4)OCO5)CC3)c2c1. The second-order valence-electron chi connectivity index (χ2n) is 7.62. The molecule has 0 spiro atoms. The molecule has 2 aromatic carbocycles. The van der Waals surface area contributed by atoms with Gasteiger partial charge in [0.25, 0.3) is 0 Å². The van der Waals surface area contributed by atoms with E-state index in [1.54, 1.807) is 7.11 Å². The molecule has 0 amide bonds. The van der Waals surface area contributed by atoms with Gasteiger partial charge in [-0.25, -0.2) is 0 Å². The molecule has 0 radical (unpaired) electrons. The van der Waals surface area contributed by atoms with E-state index >= 15 is 0 Å². The summed E-state index contributed by atoms with van der Waals surface area (Å²) in [6, 6.07) is 14.8. The third-order valence-electron chi connectivity index (χ3n) is 5.74. The quantitative estimate of drug-likeness (QED) is 0.708. The number of pyridine rings is 1. The lowest BCUT2D eigenvalue weighted by Crippen LogP contribution is -2.38. The van der Waals surface area contributed by atoms with Crippen LogP contribution in [0.15, 0.2) is 48.7 Å². The minimum absolute atomic E-state index is 0.325.